The molecule has 0 saturated carbocycles. The summed E-state index contributed by atoms with van der Waals surface area (Å²) in [6.45, 7) is 9.86. The molecule has 2 aliphatic rings. The van der Waals surface area contributed by atoms with Gasteiger partial charge in [-0.2, -0.15) is 5.10 Å². The molecule has 0 aliphatic carbocycles. The minimum Gasteiger partial charge on any atom is -0.388 e. The molecule has 2 atom stereocenters. The van der Waals surface area contributed by atoms with Gasteiger partial charge < -0.3 is 10.0 Å². The maximum Gasteiger partial charge on any atom is 0.239 e. The molecule has 164 valence electrons. The maximum atomic E-state index is 13.0. The highest BCUT2D eigenvalue weighted by molar-refractivity contribution is 6.31. The smallest absolute Gasteiger partial charge is 0.239 e. The third kappa shape index (κ3) is 3.97. The molecule has 3 heterocycles. The summed E-state index contributed by atoms with van der Waals surface area (Å²) in [5.41, 5.74) is 1.28. The summed E-state index contributed by atoms with van der Waals surface area (Å²) in [4.78, 5) is 17.3. The van der Waals surface area contributed by atoms with E-state index >= 15 is 0 Å². The van der Waals surface area contributed by atoms with E-state index in [0.29, 0.717) is 10.9 Å². The van der Waals surface area contributed by atoms with Gasteiger partial charge in [0.05, 0.1) is 23.9 Å². The number of piperidine rings is 1. The SMILES string of the molecule is C[C@H](C(=O)N1CCC(C(C)(C)[C@H](O)c2cc(Cl)cc3cn[nH]c23)CC1)N1CCCC1. The number of hydrogen-bond donors (Lipinski definition) is 2. The van der Waals surface area contributed by atoms with E-state index in [1.54, 1.807) is 6.20 Å². The number of rotatable bonds is 5. The first-order chi connectivity index (χ1) is 14.3. The summed E-state index contributed by atoms with van der Waals surface area (Å²) in [6, 6.07) is 3.67. The Balaban J connectivity index is 1.44. The van der Waals surface area contributed by atoms with Crippen LogP contribution in [0, 0.1) is 11.3 Å². The Morgan fingerprint density at radius 2 is 1.90 bits per heavy atom. The molecule has 7 heteroatoms. The van der Waals surface area contributed by atoms with Gasteiger partial charge >= 0.3 is 0 Å². The molecule has 0 spiro atoms. The monoisotopic (exact) mass is 432 g/mol. The quantitative estimate of drug-likeness (QED) is 0.749. The number of hydrogen-bond acceptors (Lipinski definition) is 4. The summed E-state index contributed by atoms with van der Waals surface area (Å²) >= 11 is 6.30. The average molecular weight is 433 g/mol. The van der Waals surface area contributed by atoms with Crippen molar-refractivity contribution in [3.63, 3.8) is 0 Å². The largest absolute Gasteiger partial charge is 0.388 e. The lowest BCUT2D eigenvalue weighted by atomic mass is 9.68. The zero-order valence-corrected chi connectivity index (χ0v) is 19.0. The molecule has 30 heavy (non-hydrogen) atoms. The topological polar surface area (TPSA) is 72.5 Å². The zero-order valence-electron chi connectivity index (χ0n) is 18.2. The molecule has 2 aromatic rings. The van der Waals surface area contributed by atoms with Crippen LogP contribution in [0.25, 0.3) is 10.9 Å². The highest BCUT2D eigenvalue weighted by Gasteiger charge is 2.41. The van der Waals surface area contributed by atoms with Crippen molar-refractivity contribution in [1.82, 2.24) is 20.0 Å². The van der Waals surface area contributed by atoms with Crippen LogP contribution >= 0.6 is 11.6 Å². The number of aromatic nitrogens is 2. The summed E-state index contributed by atoms with van der Waals surface area (Å²) in [5, 5.41) is 20.0. The van der Waals surface area contributed by atoms with Crippen molar-refractivity contribution in [3.05, 3.63) is 28.9 Å². The molecule has 0 bridgehead atoms. The fourth-order valence-electron chi connectivity index (χ4n) is 5.28. The van der Waals surface area contributed by atoms with Crippen molar-refractivity contribution in [1.29, 1.82) is 0 Å². The van der Waals surface area contributed by atoms with Gasteiger partial charge in [-0.1, -0.05) is 25.4 Å². The molecule has 1 aromatic carbocycles. The van der Waals surface area contributed by atoms with Gasteiger partial charge in [0.1, 0.15) is 0 Å². The molecule has 0 unspecified atom stereocenters. The minimum atomic E-state index is -0.671. The molecule has 2 N–H and O–H groups in total. The van der Waals surface area contributed by atoms with Crippen molar-refractivity contribution >= 4 is 28.4 Å². The lowest BCUT2D eigenvalue weighted by molar-refractivity contribution is -0.138. The van der Waals surface area contributed by atoms with Crippen LogP contribution in [-0.4, -0.2) is 63.2 Å². The number of H-pyrrole nitrogens is 1. The van der Waals surface area contributed by atoms with E-state index in [4.69, 9.17) is 11.6 Å². The third-order valence-electron chi connectivity index (χ3n) is 7.45. The fourth-order valence-corrected chi connectivity index (χ4v) is 5.52. The normalized spacial score (nSPS) is 21.3. The van der Waals surface area contributed by atoms with Crippen molar-refractivity contribution in [2.45, 2.75) is 58.6 Å². The van der Waals surface area contributed by atoms with Crippen molar-refractivity contribution in [2.24, 2.45) is 11.3 Å². The van der Waals surface area contributed by atoms with Crippen LogP contribution in [0.5, 0.6) is 0 Å². The van der Waals surface area contributed by atoms with Gasteiger partial charge in [0.2, 0.25) is 5.91 Å². The number of likely N-dealkylation sites (tertiary alicyclic amines) is 2. The summed E-state index contributed by atoms with van der Waals surface area (Å²) in [6.07, 6.45) is 5.24. The number of nitrogens with one attached hydrogen (secondary N) is 1. The number of aromatic amines is 1. The second-order valence-electron chi connectivity index (χ2n) is 9.57. The molecule has 4 rings (SSSR count). The number of halogens is 1. The number of aliphatic hydroxyl groups excluding tert-OH is 1. The van der Waals surface area contributed by atoms with Crippen LogP contribution < -0.4 is 0 Å². The Bertz CT molecular complexity index is 898. The summed E-state index contributed by atoms with van der Waals surface area (Å²) < 4.78 is 0. The molecule has 0 radical (unpaired) electrons. The van der Waals surface area contributed by atoms with Gasteiger partial charge in [0.15, 0.2) is 0 Å². The Labute approximate surface area is 183 Å². The standard InChI is InChI=1S/C23H33ClN4O2/c1-15(27-8-4-5-9-27)22(30)28-10-6-17(7-11-28)23(2,3)21(29)19-13-18(24)12-16-14-25-26-20(16)19/h12-15,17,21,29H,4-11H2,1-3H3,(H,25,26)/t15-,21-/m1/s1. The predicted molar refractivity (Wildman–Crippen MR) is 119 cm³/mol. The van der Waals surface area contributed by atoms with Crippen LogP contribution in [0.15, 0.2) is 18.3 Å². The lowest BCUT2D eigenvalue weighted by Gasteiger charge is -2.44. The van der Waals surface area contributed by atoms with Crippen molar-refractivity contribution in [2.75, 3.05) is 26.2 Å². The van der Waals surface area contributed by atoms with Gasteiger partial charge in [-0.3, -0.25) is 14.8 Å². The van der Waals surface area contributed by atoms with Crippen molar-refractivity contribution < 1.29 is 9.90 Å². The van der Waals surface area contributed by atoms with Crippen LogP contribution in [0.4, 0.5) is 0 Å². The highest BCUT2D eigenvalue weighted by atomic mass is 35.5. The van der Waals surface area contributed by atoms with E-state index in [0.717, 1.165) is 55.5 Å². The Morgan fingerprint density at radius 1 is 1.23 bits per heavy atom. The van der Waals surface area contributed by atoms with Gasteiger partial charge in [-0.15, -0.1) is 0 Å². The number of carbonyl (C=O) groups excluding carboxylic acids is 1. The zero-order chi connectivity index (χ0) is 21.5. The average Bonchev–Trinajstić information content (AvgIpc) is 3.43. The van der Waals surface area contributed by atoms with Gasteiger partial charge in [0, 0.05) is 29.1 Å². The third-order valence-corrected chi connectivity index (χ3v) is 7.67. The van der Waals surface area contributed by atoms with Gasteiger partial charge in [0.25, 0.3) is 0 Å². The molecule has 6 nitrogen and oxygen atoms in total. The van der Waals surface area contributed by atoms with Crippen LogP contribution in [0.1, 0.15) is 58.1 Å². The first-order valence-corrected chi connectivity index (χ1v) is 11.5. The summed E-state index contributed by atoms with van der Waals surface area (Å²) in [7, 11) is 0. The number of nitrogens with zero attached hydrogens (tertiary/aromatic N) is 3. The Morgan fingerprint density at radius 3 is 2.57 bits per heavy atom. The van der Waals surface area contributed by atoms with Crippen LogP contribution in [0.3, 0.4) is 0 Å². The number of aliphatic hydroxyl groups is 1. The lowest BCUT2D eigenvalue weighted by Crippen LogP contribution is -2.50. The number of carbonyl (C=O) groups is 1. The fraction of sp³-hybridized carbons (Fsp3) is 0.652. The second kappa shape index (κ2) is 8.48. The van der Waals surface area contributed by atoms with Gasteiger partial charge in [-0.05, 0) is 69.2 Å². The predicted octanol–water partition coefficient (Wildman–Crippen LogP) is 4.00. The maximum absolute atomic E-state index is 13.0. The van der Waals surface area contributed by atoms with E-state index in [2.05, 4.69) is 28.9 Å². The first kappa shape index (κ1) is 21.6. The van der Waals surface area contributed by atoms with E-state index in [1.165, 1.54) is 12.8 Å². The van der Waals surface area contributed by atoms with Crippen LogP contribution in [0.2, 0.25) is 5.02 Å². The minimum absolute atomic E-state index is 0.0252. The summed E-state index contributed by atoms with van der Waals surface area (Å²) in [5.74, 6) is 0.568. The van der Waals surface area contributed by atoms with Gasteiger partial charge in [-0.25, -0.2) is 0 Å². The molecule has 2 fully saturated rings. The number of benzene rings is 1. The van der Waals surface area contributed by atoms with Crippen LogP contribution in [-0.2, 0) is 4.79 Å². The second-order valence-corrected chi connectivity index (χ2v) is 10.0. The highest BCUT2D eigenvalue weighted by Crippen LogP contribution is 2.46. The molecular weight excluding hydrogens is 400 g/mol. The van der Waals surface area contributed by atoms with E-state index in [9.17, 15) is 9.90 Å². The number of fused-ring (bicyclic) bond motifs is 1. The molecule has 2 aliphatic heterocycles. The van der Waals surface area contributed by atoms with Crippen molar-refractivity contribution in [3.8, 4) is 0 Å². The first-order valence-electron chi connectivity index (χ1n) is 11.1. The van der Waals surface area contributed by atoms with E-state index < -0.39 is 6.10 Å². The molecule has 1 amide bonds. The van der Waals surface area contributed by atoms with E-state index in [1.807, 2.05) is 24.0 Å². The molecule has 1 aromatic heterocycles. The molecular formula is C23H33ClN4O2. The Kier molecular flexibility index (Phi) is 6.11. The Hall–Kier alpha value is -1.63. The van der Waals surface area contributed by atoms with E-state index in [-0.39, 0.29) is 17.4 Å². The number of amides is 1. The molecule has 2 saturated heterocycles.